The summed E-state index contributed by atoms with van der Waals surface area (Å²) in [5.41, 5.74) is 6.12. The molecule has 2 aromatic carbocycles. The summed E-state index contributed by atoms with van der Waals surface area (Å²) in [6.07, 6.45) is 6.21. The van der Waals surface area contributed by atoms with Crippen molar-refractivity contribution in [3.05, 3.63) is 70.5 Å². The third-order valence-electron chi connectivity index (χ3n) is 5.99. The summed E-state index contributed by atoms with van der Waals surface area (Å²) in [7, 11) is 0. The van der Waals surface area contributed by atoms with Crippen molar-refractivity contribution in [2.75, 3.05) is 24.5 Å². The molecule has 0 aliphatic carbocycles. The number of rotatable bonds is 4. The highest BCUT2D eigenvalue weighted by atomic mass is 16.6. The molecule has 29 heavy (non-hydrogen) atoms. The Kier molecular flexibility index (Phi) is 4.58. The Morgan fingerprint density at radius 2 is 1.66 bits per heavy atom. The third-order valence-corrected chi connectivity index (χ3v) is 5.99. The van der Waals surface area contributed by atoms with E-state index in [1.165, 1.54) is 21.7 Å². The first-order chi connectivity index (χ1) is 14.2. The second-order valence-corrected chi connectivity index (χ2v) is 7.95. The molecule has 3 aliphatic rings. The number of cyclic esters (lactones) is 1. The monoisotopic (exact) mass is 388 g/mol. The standard InChI is InChI=1S/C24H24N2O3/c27-23-21(29-24(28)26(23)13-10-17-6-2-1-3-7-17)16-18-14-19-8-4-11-25-12-5-9-20(15-18)22(19)25/h1-3,6-7,14-16H,4-5,8-13H2. The molecular weight excluding hydrogens is 364 g/mol. The summed E-state index contributed by atoms with van der Waals surface area (Å²) in [6, 6.07) is 14.1. The largest absolute Gasteiger partial charge is 0.422 e. The fourth-order valence-electron chi connectivity index (χ4n) is 4.64. The summed E-state index contributed by atoms with van der Waals surface area (Å²) in [5.74, 6) is -0.224. The predicted octanol–water partition coefficient (Wildman–Crippen LogP) is 3.95. The minimum atomic E-state index is -0.581. The van der Waals surface area contributed by atoms with Gasteiger partial charge in [-0.2, -0.15) is 0 Å². The normalized spacial score (nSPS) is 19.5. The number of hydrogen-bond acceptors (Lipinski definition) is 4. The lowest BCUT2D eigenvalue weighted by Crippen LogP contribution is -2.34. The Morgan fingerprint density at radius 3 is 2.34 bits per heavy atom. The van der Waals surface area contributed by atoms with Gasteiger partial charge in [-0.05, 0) is 72.6 Å². The molecule has 5 rings (SSSR count). The van der Waals surface area contributed by atoms with Crippen molar-refractivity contribution >= 4 is 23.8 Å². The summed E-state index contributed by atoms with van der Waals surface area (Å²) >= 11 is 0. The van der Waals surface area contributed by atoms with Gasteiger partial charge in [0.25, 0.3) is 5.91 Å². The van der Waals surface area contributed by atoms with Crippen molar-refractivity contribution in [2.24, 2.45) is 0 Å². The summed E-state index contributed by atoms with van der Waals surface area (Å²) < 4.78 is 5.32. The number of ether oxygens (including phenoxy) is 1. The molecule has 0 bridgehead atoms. The van der Waals surface area contributed by atoms with Gasteiger partial charge in [0.15, 0.2) is 5.76 Å². The first-order valence-corrected chi connectivity index (χ1v) is 10.4. The molecule has 0 N–H and O–H groups in total. The van der Waals surface area contributed by atoms with Gasteiger partial charge in [-0.3, -0.25) is 4.79 Å². The van der Waals surface area contributed by atoms with Crippen LogP contribution in [0.25, 0.3) is 6.08 Å². The van der Waals surface area contributed by atoms with Gasteiger partial charge in [0.05, 0.1) is 0 Å². The van der Waals surface area contributed by atoms with Gasteiger partial charge in [0.2, 0.25) is 0 Å². The van der Waals surface area contributed by atoms with Crippen LogP contribution in [0.3, 0.4) is 0 Å². The van der Waals surface area contributed by atoms with Crippen LogP contribution in [0.4, 0.5) is 10.5 Å². The molecular formula is C24H24N2O3. The van der Waals surface area contributed by atoms with E-state index in [0.717, 1.165) is 49.9 Å². The average molecular weight is 388 g/mol. The Labute approximate surface area is 170 Å². The van der Waals surface area contributed by atoms with E-state index in [-0.39, 0.29) is 11.7 Å². The van der Waals surface area contributed by atoms with Crippen LogP contribution in [0.1, 0.15) is 35.1 Å². The molecule has 3 heterocycles. The molecule has 3 aliphatic heterocycles. The van der Waals surface area contributed by atoms with Crippen LogP contribution in [0.15, 0.2) is 48.2 Å². The van der Waals surface area contributed by atoms with Crippen molar-refractivity contribution < 1.29 is 14.3 Å². The van der Waals surface area contributed by atoms with Gasteiger partial charge < -0.3 is 9.64 Å². The molecule has 1 fully saturated rings. The average Bonchev–Trinajstić information content (AvgIpc) is 3.00. The minimum Gasteiger partial charge on any atom is -0.404 e. The molecule has 2 amide bonds. The highest BCUT2D eigenvalue weighted by Crippen LogP contribution is 2.36. The number of nitrogens with zero attached hydrogens (tertiary/aromatic N) is 2. The van der Waals surface area contributed by atoms with E-state index in [2.05, 4.69) is 17.0 Å². The number of anilines is 1. The Morgan fingerprint density at radius 1 is 0.966 bits per heavy atom. The van der Waals surface area contributed by atoms with Crippen LogP contribution < -0.4 is 4.90 Å². The first-order valence-electron chi connectivity index (χ1n) is 10.4. The highest BCUT2D eigenvalue weighted by Gasteiger charge is 2.36. The van der Waals surface area contributed by atoms with E-state index < -0.39 is 6.09 Å². The van der Waals surface area contributed by atoms with Crippen molar-refractivity contribution in [3.8, 4) is 0 Å². The number of imide groups is 1. The Balaban J connectivity index is 1.37. The fourth-order valence-corrected chi connectivity index (χ4v) is 4.64. The number of amides is 2. The van der Waals surface area contributed by atoms with Gasteiger partial charge in [0.1, 0.15) is 0 Å². The van der Waals surface area contributed by atoms with Gasteiger partial charge in [-0.1, -0.05) is 30.3 Å². The molecule has 0 unspecified atom stereocenters. The van der Waals surface area contributed by atoms with Crippen molar-refractivity contribution in [1.82, 2.24) is 4.90 Å². The van der Waals surface area contributed by atoms with E-state index in [1.54, 1.807) is 6.08 Å². The first kappa shape index (κ1) is 18.0. The smallest absolute Gasteiger partial charge is 0.404 e. The van der Waals surface area contributed by atoms with Gasteiger partial charge >= 0.3 is 6.09 Å². The van der Waals surface area contributed by atoms with E-state index >= 15 is 0 Å². The number of aryl methyl sites for hydroxylation is 2. The van der Waals surface area contributed by atoms with Gasteiger partial charge in [-0.15, -0.1) is 0 Å². The Hall–Kier alpha value is -3.08. The van der Waals surface area contributed by atoms with Crippen molar-refractivity contribution in [1.29, 1.82) is 0 Å². The maximum absolute atomic E-state index is 12.8. The van der Waals surface area contributed by atoms with Crippen molar-refractivity contribution in [3.63, 3.8) is 0 Å². The summed E-state index contributed by atoms with van der Waals surface area (Å²) in [4.78, 5) is 28.7. The van der Waals surface area contributed by atoms with Crippen LogP contribution in [0.2, 0.25) is 0 Å². The topological polar surface area (TPSA) is 49.9 Å². The number of benzene rings is 2. The molecule has 148 valence electrons. The van der Waals surface area contributed by atoms with Crippen LogP contribution in [-0.4, -0.2) is 36.5 Å². The Bertz CT molecular complexity index is 965. The minimum absolute atomic E-state index is 0.124. The zero-order valence-corrected chi connectivity index (χ0v) is 16.4. The second kappa shape index (κ2) is 7.39. The summed E-state index contributed by atoms with van der Waals surface area (Å²) in [6.45, 7) is 2.59. The molecule has 1 saturated heterocycles. The van der Waals surface area contributed by atoms with Crippen LogP contribution in [-0.2, 0) is 28.8 Å². The quantitative estimate of drug-likeness (QED) is 0.745. The highest BCUT2D eigenvalue weighted by molar-refractivity contribution is 6.10. The van der Waals surface area contributed by atoms with E-state index in [9.17, 15) is 9.59 Å². The fraction of sp³-hybridized carbons (Fsp3) is 0.333. The summed E-state index contributed by atoms with van der Waals surface area (Å²) in [5, 5.41) is 0. The number of hydrogen-bond donors (Lipinski definition) is 0. The predicted molar refractivity (Wildman–Crippen MR) is 112 cm³/mol. The SMILES string of the molecule is O=C1OC(=Cc2cc3c4c(c2)CCCN4CCC3)C(=O)N1CCc1ccccc1. The zero-order chi connectivity index (χ0) is 19.8. The number of carbonyl (C=O) groups is 2. The molecule has 0 radical (unpaired) electrons. The van der Waals surface area contributed by atoms with E-state index in [0.29, 0.717) is 13.0 Å². The lowest BCUT2D eigenvalue weighted by molar-refractivity contribution is -0.123. The molecule has 5 heteroatoms. The molecule has 0 saturated carbocycles. The van der Waals surface area contributed by atoms with Crippen LogP contribution in [0, 0.1) is 0 Å². The maximum Gasteiger partial charge on any atom is 0.422 e. The maximum atomic E-state index is 12.8. The van der Waals surface area contributed by atoms with E-state index in [1.807, 2.05) is 30.3 Å². The zero-order valence-electron chi connectivity index (χ0n) is 16.4. The van der Waals surface area contributed by atoms with Gasteiger partial charge in [0, 0.05) is 25.3 Å². The van der Waals surface area contributed by atoms with E-state index in [4.69, 9.17) is 4.74 Å². The van der Waals surface area contributed by atoms with Crippen LogP contribution in [0.5, 0.6) is 0 Å². The molecule has 2 aromatic rings. The van der Waals surface area contributed by atoms with Crippen molar-refractivity contribution in [2.45, 2.75) is 32.1 Å². The second-order valence-electron chi connectivity index (χ2n) is 7.95. The third kappa shape index (κ3) is 3.41. The van der Waals surface area contributed by atoms with Gasteiger partial charge in [-0.25, -0.2) is 9.69 Å². The molecule has 5 nitrogen and oxygen atoms in total. The molecule has 0 atom stereocenters. The lowest BCUT2D eigenvalue weighted by Gasteiger charge is -2.37. The lowest BCUT2D eigenvalue weighted by atomic mass is 9.90. The molecule has 0 aromatic heterocycles. The molecule has 0 spiro atoms. The van der Waals surface area contributed by atoms with Crippen LogP contribution >= 0.6 is 0 Å². The number of carbonyl (C=O) groups excluding carboxylic acids is 2.